The van der Waals surface area contributed by atoms with Crippen molar-refractivity contribution in [2.45, 2.75) is 64.2 Å². The van der Waals surface area contributed by atoms with Crippen LogP contribution in [0.4, 0.5) is 17.1 Å². The van der Waals surface area contributed by atoms with Crippen LogP contribution in [-0.2, 0) is 18.3 Å². The third-order valence-corrected chi connectivity index (χ3v) is 7.09. The molecule has 0 bridgehead atoms. The molecule has 3 aromatic carbocycles. The van der Waals surface area contributed by atoms with E-state index >= 15 is 0 Å². The Morgan fingerprint density at radius 1 is 0.688 bits per heavy atom. The maximum absolute atomic E-state index is 7.19. The van der Waals surface area contributed by atoms with Gasteiger partial charge in [0, 0.05) is 27.9 Å². The Morgan fingerprint density at radius 3 is 1.66 bits per heavy atom. The second kappa shape index (κ2) is 9.87. The molecule has 3 rings (SSSR count). The lowest BCUT2D eigenvalue weighted by molar-refractivity contribution is 0.396. The van der Waals surface area contributed by atoms with Crippen LogP contribution in [0.2, 0.25) is 0 Å². The molecule has 4 heteroatoms. The molecule has 0 radical (unpaired) electrons. The Bertz CT molecular complexity index is 1030. The number of alkyl halides is 1. The lowest BCUT2D eigenvalue weighted by Gasteiger charge is -2.36. The number of halogens is 1. The van der Waals surface area contributed by atoms with Crippen molar-refractivity contribution in [1.29, 1.82) is 0 Å². The van der Waals surface area contributed by atoms with E-state index in [0.717, 1.165) is 48.3 Å². The molecule has 170 valence electrons. The predicted octanol–water partition coefficient (Wildman–Crippen LogP) is 6.49. The Balaban J connectivity index is 1.88. The summed E-state index contributed by atoms with van der Waals surface area (Å²) < 4.78 is 0. The maximum atomic E-state index is 7.19. The van der Waals surface area contributed by atoms with Crippen molar-refractivity contribution in [3.63, 3.8) is 0 Å². The predicted molar refractivity (Wildman–Crippen MR) is 140 cm³/mol. The first-order chi connectivity index (χ1) is 15.0. The quantitative estimate of drug-likeness (QED) is 0.271. The van der Waals surface area contributed by atoms with E-state index in [9.17, 15) is 0 Å². The minimum absolute atomic E-state index is 0.0624. The Hall–Kier alpha value is -2.65. The normalized spacial score (nSPS) is 14.2. The van der Waals surface area contributed by atoms with E-state index in [1.165, 1.54) is 27.8 Å². The third-order valence-electron chi connectivity index (χ3n) is 6.39. The molecule has 0 amide bonds. The summed E-state index contributed by atoms with van der Waals surface area (Å²) in [6.07, 6.45) is 3.54. The molecule has 0 aliphatic rings. The third kappa shape index (κ3) is 5.98. The van der Waals surface area contributed by atoms with E-state index in [-0.39, 0.29) is 10.8 Å². The van der Waals surface area contributed by atoms with Crippen molar-refractivity contribution in [1.82, 2.24) is 0 Å². The van der Waals surface area contributed by atoms with Gasteiger partial charge in [0.25, 0.3) is 0 Å². The van der Waals surface area contributed by atoms with E-state index in [2.05, 4.69) is 58.0 Å². The topological polar surface area (TPSA) is 78.1 Å². The van der Waals surface area contributed by atoms with E-state index in [1.54, 1.807) is 0 Å². The van der Waals surface area contributed by atoms with Crippen LogP contribution in [0.3, 0.4) is 0 Å². The number of nitrogen functional groups attached to an aromatic ring is 3. The lowest BCUT2D eigenvalue weighted by atomic mass is 9.73. The molecule has 3 nitrogen and oxygen atoms in total. The van der Waals surface area contributed by atoms with Crippen LogP contribution in [0.5, 0.6) is 0 Å². The Morgan fingerprint density at radius 2 is 1.16 bits per heavy atom. The van der Waals surface area contributed by atoms with Gasteiger partial charge in [0.1, 0.15) is 0 Å². The van der Waals surface area contributed by atoms with Crippen LogP contribution in [-0.4, -0.2) is 5.38 Å². The molecule has 0 saturated carbocycles. The van der Waals surface area contributed by atoms with Gasteiger partial charge in [-0.1, -0.05) is 25.1 Å². The number of benzene rings is 3. The van der Waals surface area contributed by atoms with Gasteiger partial charge < -0.3 is 17.2 Å². The fraction of sp³-hybridized carbons (Fsp3) is 0.357. The highest BCUT2D eigenvalue weighted by molar-refractivity contribution is 6.21. The number of rotatable bonds is 8. The molecule has 0 fully saturated rings. The van der Waals surface area contributed by atoms with Gasteiger partial charge in [-0.3, -0.25) is 0 Å². The van der Waals surface area contributed by atoms with Gasteiger partial charge in [0.2, 0.25) is 0 Å². The second-order valence-electron chi connectivity index (χ2n) is 9.56. The average molecular weight is 450 g/mol. The first kappa shape index (κ1) is 24.0. The molecular formula is C28H36ClN3. The average Bonchev–Trinajstić information content (AvgIpc) is 2.68. The van der Waals surface area contributed by atoms with Crippen LogP contribution in [0.15, 0.2) is 54.6 Å². The fourth-order valence-electron chi connectivity index (χ4n) is 4.72. The van der Waals surface area contributed by atoms with Gasteiger partial charge >= 0.3 is 0 Å². The van der Waals surface area contributed by atoms with Crippen LogP contribution in [0.1, 0.15) is 53.1 Å². The number of anilines is 3. The zero-order valence-corrected chi connectivity index (χ0v) is 20.5. The van der Waals surface area contributed by atoms with Crippen molar-refractivity contribution in [2.75, 3.05) is 17.2 Å². The summed E-state index contributed by atoms with van der Waals surface area (Å²) in [5.41, 5.74) is 27.7. The number of aryl methyl sites for hydroxylation is 5. The lowest BCUT2D eigenvalue weighted by Crippen LogP contribution is -2.34. The summed E-state index contributed by atoms with van der Waals surface area (Å²) in [4.78, 5) is 0. The van der Waals surface area contributed by atoms with E-state index in [4.69, 9.17) is 28.8 Å². The minimum atomic E-state index is -0.241. The molecule has 3 aromatic rings. The summed E-state index contributed by atoms with van der Waals surface area (Å²) in [6, 6.07) is 18.8. The van der Waals surface area contributed by atoms with Crippen molar-refractivity contribution < 1.29 is 0 Å². The molecule has 2 unspecified atom stereocenters. The zero-order chi connectivity index (χ0) is 23.5. The molecule has 32 heavy (non-hydrogen) atoms. The van der Waals surface area contributed by atoms with Crippen LogP contribution in [0, 0.1) is 20.8 Å². The Kier molecular flexibility index (Phi) is 7.40. The smallest absolute Gasteiger partial charge is 0.0433 e. The van der Waals surface area contributed by atoms with E-state index in [0.29, 0.717) is 0 Å². The minimum Gasteiger partial charge on any atom is -0.399 e. The summed E-state index contributed by atoms with van der Waals surface area (Å²) >= 11 is 7.19. The van der Waals surface area contributed by atoms with Gasteiger partial charge in [0.15, 0.2) is 0 Å². The van der Waals surface area contributed by atoms with Gasteiger partial charge in [-0.2, -0.15) is 0 Å². The van der Waals surface area contributed by atoms with Gasteiger partial charge in [-0.05, 0) is 116 Å². The van der Waals surface area contributed by atoms with E-state index < -0.39 is 0 Å². The van der Waals surface area contributed by atoms with Crippen molar-refractivity contribution in [3.05, 3.63) is 88.0 Å². The van der Waals surface area contributed by atoms with Gasteiger partial charge in [-0.15, -0.1) is 11.6 Å². The first-order valence-electron chi connectivity index (χ1n) is 11.3. The molecule has 0 saturated heterocycles. The highest BCUT2D eigenvalue weighted by atomic mass is 35.5. The summed E-state index contributed by atoms with van der Waals surface area (Å²) in [5.74, 6) is 0. The monoisotopic (exact) mass is 449 g/mol. The number of nitrogens with two attached hydrogens (primary N) is 3. The van der Waals surface area contributed by atoms with Gasteiger partial charge in [0.05, 0.1) is 0 Å². The maximum Gasteiger partial charge on any atom is 0.0433 e. The van der Waals surface area contributed by atoms with Crippen molar-refractivity contribution in [2.24, 2.45) is 0 Å². The highest BCUT2D eigenvalue weighted by Crippen LogP contribution is 2.39. The fourth-order valence-corrected chi connectivity index (χ4v) is 5.06. The Labute approximate surface area is 198 Å². The van der Waals surface area contributed by atoms with Crippen LogP contribution in [0.25, 0.3) is 0 Å². The van der Waals surface area contributed by atoms with Crippen LogP contribution < -0.4 is 17.2 Å². The molecule has 0 spiro atoms. The van der Waals surface area contributed by atoms with Crippen molar-refractivity contribution >= 4 is 28.7 Å². The largest absolute Gasteiger partial charge is 0.399 e. The summed E-state index contributed by atoms with van der Waals surface area (Å²) in [6.45, 7) is 8.51. The zero-order valence-electron chi connectivity index (χ0n) is 19.7. The molecule has 0 aromatic heterocycles. The molecular weight excluding hydrogens is 414 g/mol. The van der Waals surface area contributed by atoms with Crippen LogP contribution >= 0.6 is 11.6 Å². The highest BCUT2D eigenvalue weighted by Gasteiger charge is 2.34. The molecule has 0 aliphatic carbocycles. The molecule has 0 aliphatic heterocycles. The second-order valence-corrected chi connectivity index (χ2v) is 10.1. The summed E-state index contributed by atoms with van der Waals surface area (Å²) in [5, 5.41) is -0.0624. The molecule has 2 atom stereocenters. The van der Waals surface area contributed by atoms with Gasteiger partial charge in [-0.25, -0.2) is 0 Å². The van der Waals surface area contributed by atoms with E-state index in [1.807, 2.05) is 24.3 Å². The standard InChI is InChI=1S/C28H36ClN3/c1-18-9-21(15-24(30)12-18)5-6-27(29)28(4,23-11-20(3)14-26(32)17-23)8-7-22-10-19(2)13-25(31)16-22/h9-17,27H,5-8,30-32H2,1-4H3. The number of hydrogen-bond donors (Lipinski definition) is 3. The summed E-state index contributed by atoms with van der Waals surface area (Å²) in [7, 11) is 0. The molecule has 0 heterocycles. The molecule has 6 N–H and O–H groups in total. The van der Waals surface area contributed by atoms with Crippen molar-refractivity contribution in [3.8, 4) is 0 Å². The SMILES string of the molecule is Cc1cc(N)cc(CCC(Cl)C(C)(CCc2cc(C)cc(N)c2)c2cc(C)cc(N)c2)c1. The number of hydrogen-bond acceptors (Lipinski definition) is 3. The first-order valence-corrected chi connectivity index (χ1v) is 11.7.